The van der Waals surface area contributed by atoms with Gasteiger partial charge in [0, 0.05) is 6.54 Å². The lowest BCUT2D eigenvalue weighted by molar-refractivity contribution is 0.0187. The number of ether oxygens (including phenoxy) is 2. The van der Waals surface area contributed by atoms with E-state index in [9.17, 15) is 4.79 Å². The van der Waals surface area contributed by atoms with Gasteiger partial charge >= 0.3 is 6.09 Å². The molecule has 1 atom stereocenters. The quantitative estimate of drug-likeness (QED) is 0.321. The molecule has 0 unspecified atom stereocenters. The van der Waals surface area contributed by atoms with Crippen LogP contribution in [0.3, 0.4) is 0 Å². The van der Waals surface area contributed by atoms with Crippen molar-refractivity contribution in [1.29, 1.82) is 0 Å². The molecule has 0 spiro atoms. The third-order valence-electron chi connectivity index (χ3n) is 5.13. The van der Waals surface area contributed by atoms with E-state index in [1.165, 1.54) is 32.1 Å². The molecule has 1 saturated heterocycles. The van der Waals surface area contributed by atoms with E-state index in [0.717, 1.165) is 31.2 Å². The van der Waals surface area contributed by atoms with Gasteiger partial charge in [-0.25, -0.2) is 9.78 Å². The molecule has 1 aromatic heterocycles. The molecular formula is C23H37ClN2O3. The summed E-state index contributed by atoms with van der Waals surface area (Å²) < 4.78 is 11.5. The summed E-state index contributed by atoms with van der Waals surface area (Å²) in [5.74, 6) is 0.714. The molecule has 0 aromatic carbocycles. The Kier molecular flexibility index (Phi) is 9.54. The van der Waals surface area contributed by atoms with Gasteiger partial charge in [-0.2, -0.15) is 0 Å². The number of amides is 1. The number of carbonyl (C=O) groups excluding carboxylic acids is 1. The summed E-state index contributed by atoms with van der Waals surface area (Å²) in [6, 6.07) is 2.02. The number of aryl methyl sites for hydroxylation is 1. The summed E-state index contributed by atoms with van der Waals surface area (Å²) in [5, 5.41) is 0.558. The first kappa shape index (κ1) is 23.8. The van der Waals surface area contributed by atoms with E-state index >= 15 is 0 Å². The van der Waals surface area contributed by atoms with E-state index in [-0.39, 0.29) is 12.1 Å². The zero-order chi connectivity index (χ0) is 21.3. The number of hydrogen-bond acceptors (Lipinski definition) is 4. The van der Waals surface area contributed by atoms with Gasteiger partial charge in [0.1, 0.15) is 23.1 Å². The molecule has 2 rings (SSSR count). The Morgan fingerprint density at radius 1 is 1.24 bits per heavy atom. The molecule has 0 aliphatic carbocycles. The predicted octanol–water partition coefficient (Wildman–Crippen LogP) is 6.42. The molecular weight excluding hydrogens is 388 g/mol. The minimum Gasteiger partial charge on any atom is -0.490 e. The summed E-state index contributed by atoms with van der Waals surface area (Å²) in [5.41, 5.74) is 0.548. The number of unbranched alkanes of at least 4 members (excludes halogenated alkanes) is 5. The van der Waals surface area contributed by atoms with E-state index < -0.39 is 5.60 Å². The van der Waals surface area contributed by atoms with Crippen LogP contribution >= 0.6 is 11.6 Å². The van der Waals surface area contributed by atoms with Crippen LogP contribution < -0.4 is 4.74 Å². The molecule has 0 radical (unpaired) electrons. The van der Waals surface area contributed by atoms with Gasteiger partial charge in [0.15, 0.2) is 0 Å². The number of rotatable bonds is 10. The Balaban J connectivity index is 1.84. The lowest BCUT2D eigenvalue weighted by atomic mass is 10.1. The molecule has 0 bridgehead atoms. The fourth-order valence-electron chi connectivity index (χ4n) is 3.58. The Labute approximate surface area is 181 Å². The number of carbonyl (C=O) groups is 1. The van der Waals surface area contributed by atoms with Crippen molar-refractivity contribution < 1.29 is 14.3 Å². The molecule has 1 fully saturated rings. The molecule has 1 aliphatic rings. The highest BCUT2D eigenvalue weighted by Crippen LogP contribution is 2.24. The van der Waals surface area contributed by atoms with Gasteiger partial charge in [0.2, 0.25) is 0 Å². The Hall–Kier alpha value is -1.49. The number of nitrogens with zero attached hydrogens (tertiary/aromatic N) is 2. The zero-order valence-corrected chi connectivity index (χ0v) is 19.3. The van der Waals surface area contributed by atoms with E-state index in [0.29, 0.717) is 24.1 Å². The summed E-state index contributed by atoms with van der Waals surface area (Å²) in [6.07, 6.45) is 11.7. The molecule has 1 aromatic rings. The number of likely N-dealkylation sites (tertiary alicyclic amines) is 1. The number of aromatic nitrogens is 1. The molecule has 6 heteroatoms. The molecule has 29 heavy (non-hydrogen) atoms. The minimum absolute atomic E-state index is 0.0301. The van der Waals surface area contributed by atoms with Gasteiger partial charge in [0.05, 0.1) is 12.2 Å². The first-order chi connectivity index (χ1) is 13.8. The van der Waals surface area contributed by atoms with E-state index in [1.54, 1.807) is 11.1 Å². The van der Waals surface area contributed by atoms with Crippen LogP contribution in [0.25, 0.3) is 0 Å². The van der Waals surface area contributed by atoms with E-state index in [1.807, 2.05) is 26.8 Å². The van der Waals surface area contributed by atoms with Crippen LogP contribution in [0.4, 0.5) is 4.79 Å². The van der Waals surface area contributed by atoms with Gasteiger partial charge in [0.25, 0.3) is 0 Å². The van der Waals surface area contributed by atoms with Crippen molar-refractivity contribution >= 4 is 17.7 Å². The lowest BCUT2D eigenvalue weighted by Gasteiger charge is -2.28. The largest absolute Gasteiger partial charge is 0.490 e. The van der Waals surface area contributed by atoms with Crippen molar-refractivity contribution in [3.05, 3.63) is 23.0 Å². The monoisotopic (exact) mass is 424 g/mol. The predicted molar refractivity (Wildman–Crippen MR) is 118 cm³/mol. The van der Waals surface area contributed by atoms with Crippen molar-refractivity contribution in [2.45, 2.75) is 97.1 Å². The smallest absolute Gasteiger partial charge is 0.410 e. The second-order valence-electron chi connectivity index (χ2n) is 8.92. The van der Waals surface area contributed by atoms with Crippen LogP contribution in [-0.2, 0) is 11.2 Å². The van der Waals surface area contributed by atoms with E-state index in [2.05, 4.69) is 11.9 Å². The maximum atomic E-state index is 12.4. The normalized spacial score (nSPS) is 16.9. The minimum atomic E-state index is -0.489. The van der Waals surface area contributed by atoms with Crippen molar-refractivity contribution in [3.63, 3.8) is 0 Å². The average Bonchev–Trinajstić information content (AvgIpc) is 3.12. The molecule has 164 valence electrons. The summed E-state index contributed by atoms with van der Waals surface area (Å²) in [4.78, 5) is 18.5. The van der Waals surface area contributed by atoms with Crippen LogP contribution in [0, 0.1) is 0 Å². The maximum Gasteiger partial charge on any atom is 0.410 e. The Morgan fingerprint density at radius 3 is 2.69 bits per heavy atom. The number of halogens is 1. The third-order valence-corrected chi connectivity index (χ3v) is 5.47. The molecule has 1 amide bonds. The highest BCUT2D eigenvalue weighted by molar-refractivity contribution is 6.30. The lowest BCUT2D eigenvalue weighted by Crippen LogP contribution is -2.42. The standard InChI is InChI=1S/C23H37ClN2O3/c1-5-6-7-8-9-10-12-18-15-20(16-25-21(18)24)28-17-19-13-11-14-26(19)22(27)29-23(2,3)4/h15-16,19H,5-14,17H2,1-4H3/t19-/m1/s1. The van der Waals surface area contributed by atoms with Gasteiger partial charge in [-0.3, -0.25) is 0 Å². The van der Waals surface area contributed by atoms with Gasteiger partial charge in [-0.05, 0) is 58.1 Å². The summed E-state index contributed by atoms with van der Waals surface area (Å²) in [6.45, 7) is 9.05. The van der Waals surface area contributed by atoms with Crippen molar-refractivity contribution in [2.24, 2.45) is 0 Å². The Bertz CT molecular complexity index is 646. The Morgan fingerprint density at radius 2 is 1.97 bits per heavy atom. The van der Waals surface area contributed by atoms with Crippen LogP contribution in [-0.4, -0.2) is 40.8 Å². The molecule has 5 nitrogen and oxygen atoms in total. The van der Waals surface area contributed by atoms with Gasteiger partial charge < -0.3 is 14.4 Å². The topological polar surface area (TPSA) is 51.7 Å². The van der Waals surface area contributed by atoms with Crippen LogP contribution in [0.1, 0.15) is 84.6 Å². The number of hydrogen-bond donors (Lipinski definition) is 0. The van der Waals surface area contributed by atoms with Crippen LogP contribution in [0.15, 0.2) is 12.3 Å². The van der Waals surface area contributed by atoms with Gasteiger partial charge in [-0.1, -0.05) is 50.6 Å². The summed E-state index contributed by atoms with van der Waals surface area (Å²) >= 11 is 6.28. The van der Waals surface area contributed by atoms with Crippen molar-refractivity contribution in [2.75, 3.05) is 13.2 Å². The fourth-order valence-corrected chi connectivity index (χ4v) is 3.78. The van der Waals surface area contributed by atoms with Crippen LogP contribution in [0.5, 0.6) is 5.75 Å². The van der Waals surface area contributed by atoms with Crippen molar-refractivity contribution in [1.82, 2.24) is 9.88 Å². The molecule has 2 heterocycles. The summed E-state index contributed by atoms with van der Waals surface area (Å²) in [7, 11) is 0. The zero-order valence-electron chi connectivity index (χ0n) is 18.5. The molecule has 1 aliphatic heterocycles. The number of pyridine rings is 1. The second kappa shape index (κ2) is 11.6. The molecule has 0 saturated carbocycles. The highest BCUT2D eigenvalue weighted by atomic mass is 35.5. The van der Waals surface area contributed by atoms with Crippen molar-refractivity contribution in [3.8, 4) is 5.75 Å². The average molecular weight is 425 g/mol. The van der Waals surface area contributed by atoms with Gasteiger partial charge in [-0.15, -0.1) is 0 Å². The highest BCUT2D eigenvalue weighted by Gasteiger charge is 2.32. The second-order valence-corrected chi connectivity index (χ2v) is 9.28. The third kappa shape index (κ3) is 8.41. The fraction of sp³-hybridized carbons (Fsp3) is 0.739. The first-order valence-corrected chi connectivity index (χ1v) is 11.4. The SMILES string of the molecule is CCCCCCCCc1cc(OC[C@H]2CCCN2C(=O)OC(C)(C)C)cnc1Cl. The molecule has 0 N–H and O–H groups in total. The maximum absolute atomic E-state index is 12.4. The first-order valence-electron chi connectivity index (χ1n) is 11.1. The van der Waals surface area contributed by atoms with E-state index in [4.69, 9.17) is 21.1 Å². The van der Waals surface area contributed by atoms with Crippen LogP contribution in [0.2, 0.25) is 5.15 Å².